The maximum absolute atomic E-state index is 3.27. The van der Waals surface area contributed by atoms with E-state index >= 15 is 0 Å². The highest BCUT2D eigenvalue weighted by atomic mass is 28.3. The SMILES string of the molecule is CCC(C)C=C[SiH](NC)NC. The largest absolute Gasteiger partial charge is 0.328 e. The Morgan fingerprint density at radius 2 is 1.91 bits per heavy atom. The molecule has 0 bridgehead atoms. The van der Waals surface area contributed by atoms with Gasteiger partial charge in [-0.05, 0) is 20.0 Å². The molecule has 0 aliphatic carbocycles. The Morgan fingerprint density at radius 3 is 2.27 bits per heavy atom. The molecule has 3 heteroatoms. The number of nitrogens with one attached hydrogen (secondary N) is 2. The summed E-state index contributed by atoms with van der Waals surface area (Å²) in [4.78, 5) is 6.54. The van der Waals surface area contributed by atoms with Gasteiger partial charge in [0, 0.05) is 0 Å². The third kappa shape index (κ3) is 5.18. The summed E-state index contributed by atoms with van der Waals surface area (Å²) in [5, 5.41) is 0. The minimum absolute atomic E-state index is 0.715. The van der Waals surface area contributed by atoms with Crippen LogP contribution in [0.5, 0.6) is 0 Å². The molecule has 0 rings (SSSR count). The van der Waals surface area contributed by atoms with Crippen LogP contribution in [0.3, 0.4) is 0 Å². The number of hydrogen-bond acceptors (Lipinski definition) is 2. The van der Waals surface area contributed by atoms with E-state index in [1.807, 2.05) is 14.1 Å². The Bertz CT molecular complexity index is 111. The van der Waals surface area contributed by atoms with Gasteiger partial charge in [0.2, 0.25) is 9.12 Å². The number of hydrogen-bond donors (Lipinski definition) is 2. The second-order valence-electron chi connectivity index (χ2n) is 2.83. The van der Waals surface area contributed by atoms with Crippen molar-refractivity contribution >= 4 is 9.12 Å². The molecule has 0 aromatic rings. The summed E-state index contributed by atoms with van der Waals surface area (Å²) in [6.07, 6.45) is 3.52. The fraction of sp³-hybridized carbons (Fsp3) is 0.750. The zero-order chi connectivity index (χ0) is 8.69. The Kier molecular flexibility index (Phi) is 6.50. The highest BCUT2D eigenvalue weighted by Crippen LogP contribution is 2.01. The van der Waals surface area contributed by atoms with Crippen LogP contribution in [-0.2, 0) is 0 Å². The van der Waals surface area contributed by atoms with Gasteiger partial charge in [-0.3, -0.25) is 0 Å². The van der Waals surface area contributed by atoms with Crippen LogP contribution >= 0.6 is 0 Å². The van der Waals surface area contributed by atoms with Crippen molar-refractivity contribution < 1.29 is 0 Å². The molecule has 1 unspecified atom stereocenters. The van der Waals surface area contributed by atoms with Crippen LogP contribution < -0.4 is 9.96 Å². The van der Waals surface area contributed by atoms with Crippen molar-refractivity contribution in [3.05, 3.63) is 11.8 Å². The minimum Gasteiger partial charge on any atom is -0.328 e. The molecular weight excluding hydrogens is 152 g/mol. The van der Waals surface area contributed by atoms with Crippen LogP contribution in [0.1, 0.15) is 20.3 Å². The van der Waals surface area contributed by atoms with Crippen molar-refractivity contribution in [2.24, 2.45) is 5.92 Å². The quantitative estimate of drug-likeness (QED) is 0.599. The molecule has 0 aliphatic rings. The van der Waals surface area contributed by atoms with Gasteiger partial charge in [-0.25, -0.2) is 0 Å². The molecule has 0 radical (unpaired) electrons. The highest BCUT2D eigenvalue weighted by molar-refractivity contribution is 6.58. The summed E-state index contributed by atoms with van der Waals surface area (Å²) < 4.78 is 0. The van der Waals surface area contributed by atoms with Crippen LogP contribution in [0.2, 0.25) is 0 Å². The maximum atomic E-state index is 3.27. The molecular formula is C8H20N2Si. The first-order valence-electron chi connectivity index (χ1n) is 4.27. The lowest BCUT2D eigenvalue weighted by atomic mass is 10.1. The van der Waals surface area contributed by atoms with Gasteiger partial charge in [-0.2, -0.15) is 0 Å². The van der Waals surface area contributed by atoms with Crippen molar-refractivity contribution in [2.45, 2.75) is 20.3 Å². The van der Waals surface area contributed by atoms with Crippen molar-refractivity contribution in [3.8, 4) is 0 Å². The first-order valence-corrected chi connectivity index (χ1v) is 6.09. The summed E-state index contributed by atoms with van der Waals surface area (Å²) in [7, 11) is 3.07. The van der Waals surface area contributed by atoms with Crippen LogP contribution in [0.4, 0.5) is 0 Å². The van der Waals surface area contributed by atoms with E-state index in [4.69, 9.17) is 0 Å². The standard InChI is InChI=1S/C8H20N2Si/c1-5-8(2)6-7-11(9-3)10-4/h6-11H,5H2,1-4H3. The summed E-state index contributed by atoms with van der Waals surface area (Å²) in [5.41, 5.74) is 2.30. The van der Waals surface area contributed by atoms with Crippen LogP contribution in [0, 0.1) is 5.92 Å². The molecule has 1 atom stereocenters. The number of rotatable bonds is 5. The maximum Gasteiger partial charge on any atom is 0.209 e. The molecule has 66 valence electrons. The van der Waals surface area contributed by atoms with Crippen molar-refractivity contribution in [3.63, 3.8) is 0 Å². The third-order valence-electron chi connectivity index (χ3n) is 1.90. The van der Waals surface area contributed by atoms with Crippen LogP contribution in [-0.4, -0.2) is 23.2 Å². The Labute approximate surface area is 71.8 Å². The van der Waals surface area contributed by atoms with Crippen molar-refractivity contribution in [1.29, 1.82) is 0 Å². The summed E-state index contributed by atoms with van der Waals surface area (Å²) in [5.74, 6) is 0.715. The van der Waals surface area contributed by atoms with Crippen LogP contribution in [0.15, 0.2) is 11.8 Å². The number of allylic oxidation sites excluding steroid dienone is 1. The molecule has 0 saturated carbocycles. The van der Waals surface area contributed by atoms with E-state index in [1.165, 1.54) is 6.42 Å². The second kappa shape index (κ2) is 6.58. The van der Waals surface area contributed by atoms with E-state index in [1.54, 1.807) is 0 Å². The molecule has 0 aliphatic heterocycles. The lowest BCUT2D eigenvalue weighted by Crippen LogP contribution is -2.41. The smallest absolute Gasteiger partial charge is 0.209 e. The second-order valence-corrected chi connectivity index (χ2v) is 5.32. The van der Waals surface area contributed by atoms with E-state index in [-0.39, 0.29) is 0 Å². The van der Waals surface area contributed by atoms with Crippen LogP contribution in [0.25, 0.3) is 0 Å². The Hall–Kier alpha value is -0.123. The lowest BCUT2D eigenvalue weighted by molar-refractivity contribution is 0.698. The Balaban J connectivity index is 3.68. The average Bonchev–Trinajstić information content (AvgIpc) is 2.06. The van der Waals surface area contributed by atoms with Gasteiger partial charge in [-0.15, -0.1) is 0 Å². The van der Waals surface area contributed by atoms with Gasteiger partial charge in [-0.1, -0.05) is 32.0 Å². The van der Waals surface area contributed by atoms with Crippen molar-refractivity contribution in [2.75, 3.05) is 14.1 Å². The molecule has 0 amide bonds. The topological polar surface area (TPSA) is 24.1 Å². The van der Waals surface area contributed by atoms with Gasteiger partial charge in [0.15, 0.2) is 0 Å². The minimum atomic E-state index is -0.943. The lowest BCUT2D eigenvalue weighted by Gasteiger charge is -2.07. The molecule has 0 aromatic carbocycles. The van der Waals surface area contributed by atoms with Gasteiger partial charge >= 0.3 is 0 Å². The van der Waals surface area contributed by atoms with Gasteiger partial charge in [0.1, 0.15) is 0 Å². The fourth-order valence-corrected chi connectivity index (χ4v) is 2.05. The van der Waals surface area contributed by atoms with Crippen molar-refractivity contribution in [1.82, 2.24) is 9.96 Å². The summed E-state index contributed by atoms with van der Waals surface area (Å²) >= 11 is 0. The summed E-state index contributed by atoms with van der Waals surface area (Å²) in [6, 6.07) is 0. The van der Waals surface area contributed by atoms with Gasteiger partial charge in [0.05, 0.1) is 0 Å². The molecule has 0 aromatic heterocycles. The van der Waals surface area contributed by atoms with E-state index in [0.29, 0.717) is 5.92 Å². The fourth-order valence-electron chi connectivity index (χ4n) is 0.774. The Morgan fingerprint density at radius 1 is 1.36 bits per heavy atom. The third-order valence-corrected chi connectivity index (χ3v) is 3.75. The normalized spacial score (nSPS) is 14.6. The highest BCUT2D eigenvalue weighted by Gasteiger charge is 1.99. The molecule has 0 saturated heterocycles. The van der Waals surface area contributed by atoms with Gasteiger partial charge < -0.3 is 9.96 Å². The summed E-state index contributed by atoms with van der Waals surface area (Å²) in [6.45, 7) is 4.46. The van der Waals surface area contributed by atoms with Gasteiger partial charge in [0.25, 0.3) is 0 Å². The molecule has 11 heavy (non-hydrogen) atoms. The molecule has 0 fully saturated rings. The molecule has 2 N–H and O–H groups in total. The molecule has 0 heterocycles. The predicted octanol–water partition coefficient (Wildman–Crippen LogP) is 0.787. The molecule has 2 nitrogen and oxygen atoms in total. The monoisotopic (exact) mass is 172 g/mol. The van der Waals surface area contributed by atoms with E-state index in [2.05, 4.69) is 35.6 Å². The van der Waals surface area contributed by atoms with E-state index in [9.17, 15) is 0 Å². The predicted molar refractivity (Wildman–Crippen MR) is 53.9 cm³/mol. The first-order chi connectivity index (χ1) is 5.24. The zero-order valence-corrected chi connectivity index (χ0v) is 9.17. The zero-order valence-electron chi connectivity index (χ0n) is 8.02. The first kappa shape index (κ1) is 10.9. The molecule has 0 spiro atoms. The van der Waals surface area contributed by atoms with E-state index in [0.717, 1.165) is 0 Å². The van der Waals surface area contributed by atoms with E-state index < -0.39 is 9.12 Å². The average molecular weight is 172 g/mol.